The molecule has 1 N–H and O–H groups in total. The number of hydrogen-bond acceptors (Lipinski definition) is 3. The molecular weight excluding hydrogens is 385 g/mol. The summed E-state index contributed by atoms with van der Waals surface area (Å²) in [6, 6.07) is 10.5. The molecule has 0 atom stereocenters. The maximum atomic E-state index is 13.8. The van der Waals surface area contributed by atoms with Gasteiger partial charge < -0.3 is 14.8 Å². The van der Waals surface area contributed by atoms with Crippen LogP contribution >= 0.6 is 15.9 Å². The van der Waals surface area contributed by atoms with Gasteiger partial charge >= 0.3 is 0 Å². The molecule has 0 amide bonds. The summed E-state index contributed by atoms with van der Waals surface area (Å²) in [5, 5.41) is 3.42. The van der Waals surface area contributed by atoms with Gasteiger partial charge in [0.05, 0.1) is 6.61 Å². The topological polar surface area (TPSA) is 30.5 Å². The van der Waals surface area contributed by atoms with Crippen LogP contribution in [0.15, 0.2) is 40.9 Å². The fourth-order valence-corrected chi connectivity index (χ4v) is 2.82. The van der Waals surface area contributed by atoms with Crippen molar-refractivity contribution in [2.24, 2.45) is 5.92 Å². The largest absolute Gasteiger partial charge is 0.490 e. The van der Waals surface area contributed by atoms with E-state index in [1.54, 1.807) is 18.2 Å². The van der Waals surface area contributed by atoms with Crippen LogP contribution < -0.4 is 14.8 Å². The second-order valence-corrected chi connectivity index (χ2v) is 7.08. The van der Waals surface area contributed by atoms with Gasteiger partial charge in [-0.2, -0.15) is 0 Å². The summed E-state index contributed by atoms with van der Waals surface area (Å²) < 4.78 is 26.2. The standard InChI is InChI=1S/C20H25BrFNO2/c1-4-24-19-9-16(12-23-11-14(2)3)17(21)10-20(19)25-13-15-7-5-6-8-18(15)22/h5-10,14,23H,4,11-13H2,1-3H3. The van der Waals surface area contributed by atoms with E-state index in [-0.39, 0.29) is 12.4 Å². The summed E-state index contributed by atoms with van der Waals surface area (Å²) >= 11 is 3.59. The van der Waals surface area contributed by atoms with Gasteiger partial charge in [0.15, 0.2) is 11.5 Å². The van der Waals surface area contributed by atoms with Crippen LogP contribution in [0.2, 0.25) is 0 Å². The predicted octanol–water partition coefficient (Wildman–Crippen LogP) is 5.31. The van der Waals surface area contributed by atoms with Gasteiger partial charge in [0, 0.05) is 16.6 Å². The van der Waals surface area contributed by atoms with Crippen molar-refractivity contribution in [3.05, 3.63) is 57.8 Å². The monoisotopic (exact) mass is 409 g/mol. The van der Waals surface area contributed by atoms with E-state index < -0.39 is 0 Å². The summed E-state index contributed by atoms with van der Waals surface area (Å²) in [6.07, 6.45) is 0. The van der Waals surface area contributed by atoms with Crippen molar-refractivity contribution < 1.29 is 13.9 Å². The molecule has 0 radical (unpaired) electrons. The quantitative estimate of drug-likeness (QED) is 0.608. The van der Waals surface area contributed by atoms with Crippen LogP contribution in [0, 0.1) is 11.7 Å². The molecule has 0 fully saturated rings. The Hall–Kier alpha value is -1.59. The summed E-state index contributed by atoms with van der Waals surface area (Å²) in [7, 11) is 0. The molecule has 0 aromatic heterocycles. The van der Waals surface area contributed by atoms with Crippen LogP contribution in [0.5, 0.6) is 11.5 Å². The molecular formula is C20H25BrFNO2. The van der Waals surface area contributed by atoms with E-state index in [1.807, 2.05) is 19.1 Å². The molecule has 3 nitrogen and oxygen atoms in total. The lowest BCUT2D eigenvalue weighted by molar-refractivity contribution is 0.265. The zero-order valence-corrected chi connectivity index (χ0v) is 16.5. The van der Waals surface area contributed by atoms with Gasteiger partial charge in [0.25, 0.3) is 0 Å². The third kappa shape index (κ3) is 6.01. The van der Waals surface area contributed by atoms with E-state index in [0.29, 0.717) is 29.6 Å². The van der Waals surface area contributed by atoms with Crippen molar-refractivity contribution in [3.8, 4) is 11.5 Å². The van der Waals surface area contributed by atoms with E-state index in [0.717, 1.165) is 23.1 Å². The van der Waals surface area contributed by atoms with Crippen LogP contribution in [0.3, 0.4) is 0 Å². The number of nitrogens with one attached hydrogen (secondary N) is 1. The summed E-state index contributed by atoms with van der Waals surface area (Å²) in [5.41, 5.74) is 1.62. The van der Waals surface area contributed by atoms with Crippen molar-refractivity contribution in [2.75, 3.05) is 13.2 Å². The third-order valence-electron chi connectivity index (χ3n) is 3.62. The molecule has 0 saturated heterocycles. The van der Waals surface area contributed by atoms with Crippen LogP contribution in [-0.2, 0) is 13.2 Å². The molecule has 0 saturated carbocycles. The first kappa shape index (κ1) is 19.7. The highest BCUT2D eigenvalue weighted by molar-refractivity contribution is 9.10. The molecule has 0 aliphatic carbocycles. The smallest absolute Gasteiger partial charge is 0.162 e. The molecule has 0 aliphatic rings. The van der Waals surface area contributed by atoms with Crippen molar-refractivity contribution in [1.29, 1.82) is 0 Å². The Morgan fingerprint density at radius 3 is 2.48 bits per heavy atom. The fraction of sp³-hybridized carbons (Fsp3) is 0.400. The van der Waals surface area contributed by atoms with Crippen molar-refractivity contribution >= 4 is 15.9 Å². The van der Waals surface area contributed by atoms with E-state index >= 15 is 0 Å². The minimum atomic E-state index is -0.269. The Balaban J connectivity index is 2.13. The highest BCUT2D eigenvalue weighted by Crippen LogP contribution is 2.34. The van der Waals surface area contributed by atoms with Gasteiger partial charge in [-0.15, -0.1) is 0 Å². The van der Waals surface area contributed by atoms with Crippen molar-refractivity contribution in [2.45, 2.75) is 33.9 Å². The van der Waals surface area contributed by atoms with Crippen LogP contribution in [0.4, 0.5) is 4.39 Å². The lowest BCUT2D eigenvalue weighted by Gasteiger charge is -2.16. The van der Waals surface area contributed by atoms with E-state index in [4.69, 9.17) is 9.47 Å². The average molecular weight is 410 g/mol. The Labute approximate surface area is 157 Å². The van der Waals surface area contributed by atoms with E-state index in [2.05, 4.69) is 35.1 Å². The second-order valence-electron chi connectivity index (χ2n) is 6.23. The normalized spacial score (nSPS) is 11.0. The highest BCUT2D eigenvalue weighted by atomic mass is 79.9. The van der Waals surface area contributed by atoms with E-state index in [1.165, 1.54) is 6.07 Å². The predicted molar refractivity (Wildman–Crippen MR) is 103 cm³/mol. The zero-order valence-electron chi connectivity index (χ0n) is 14.9. The number of hydrogen-bond donors (Lipinski definition) is 1. The zero-order chi connectivity index (χ0) is 18.2. The molecule has 0 aliphatic heterocycles. The maximum Gasteiger partial charge on any atom is 0.162 e. The molecule has 0 spiro atoms. The van der Waals surface area contributed by atoms with Crippen LogP contribution in [0.1, 0.15) is 31.9 Å². The Kier molecular flexibility index (Phi) is 7.72. The summed E-state index contributed by atoms with van der Waals surface area (Å²) in [4.78, 5) is 0. The maximum absolute atomic E-state index is 13.8. The third-order valence-corrected chi connectivity index (χ3v) is 4.36. The van der Waals surface area contributed by atoms with Gasteiger partial charge in [-0.3, -0.25) is 0 Å². The summed E-state index contributed by atoms with van der Waals surface area (Å²) in [5.74, 6) is 1.59. The molecule has 25 heavy (non-hydrogen) atoms. The fourth-order valence-electron chi connectivity index (χ4n) is 2.36. The van der Waals surface area contributed by atoms with Crippen molar-refractivity contribution in [1.82, 2.24) is 5.32 Å². The van der Waals surface area contributed by atoms with E-state index in [9.17, 15) is 4.39 Å². The highest BCUT2D eigenvalue weighted by Gasteiger charge is 2.12. The van der Waals surface area contributed by atoms with Gasteiger partial charge in [0.2, 0.25) is 0 Å². The van der Waals surface area contributed by atoms with Gasteiger partial charge in [0.1, 0.15) is 12.4 Å². The summed E-state index contributed by atoms with van der Waals surface area (Å²) in [6.45, 7) is 8.66. The van der Waals surface area contributed by atoms with Gasteiger partial charge in [-0.25, -0.2) is 4.39 Å². The molecule has 2 rings (SSSR count). The molecule has 0 unspecified atom stereocenters. The lowest BCUT2D eigenvalue weighted by atomic mass is 10.1. The number of benzene rings is 2. The van der Waals surface area contributed by atoms with Crippen LogP contribution in [-0.4, -0.2) is 13.2 Å². The van der Waals surface area contributed by atoms with Crippen molar-refractivity contribution in [3.63, 3.8) is 0 Å². The Morgan fingerprint density at radius 2 is 1.80 bits per heavy atom. The lowest BCUT2D eigenvalue weighted by Crippen LogP contribution is -2.19. The number of halogens is 2. The minimum Gasteiger partial charge on any atom is -0.490 e. The molecule has 5 heteroatoms. The number of rotatable bonds is 9. The molecule has 2 aromatic rings. The Bertz CT molecular complexity index is 691. The van der Waals surface area contributed by atoms with Crippen LogP contribution in [0.25, 0.3) is 0 Å². The second kappa shape index (κ2) is 9.78. The van der Waals surface area contributed by atoms with Gasteiger partial charge in [-0.1, -0.05) is 48.0 Å². The molecule has 0 heterocycles. The molecule has 0 bridgehead atoms. The first-order valence-electron chi connectivity index (χ1n) is 8.53. The minimum absolute atomic E-state index is 0.157. The first-order valence-corrected chi connectivity index (χ1v) is 9.32. The number of ether oxygens (including phenoxy) is 2. The average Bonchev–Trinajstić information content (AvgIpc) is 2.57. The SMILES string of the molecule is CCOc1cc(CNCC(C)C)c(Br)cc1OCc1ccccc1F. The van der Waals surface area contributed by atoms with Gasteiger partial charge in [-0.05, 0) is 43.1 Å². The first-order chi connectivity index (χ1) is 12.0. The molecule has 2 aromatic carbocycles. The molecule has 136 valence electrons. The Morgan fingerprint density at radius 1 is 1.08 bits per heavy atom.